The van der Waals surface area contributed by atoms with Gasteiger partial charge in [0.15, 0.2) is 6.10 Å². The van der Waals surface area contributed by atoms with E-state index < -0.39 is 0 Å². The summed E-state index contributed by atoms with van der Waals surface area (Å²) in [5, 5.41) is 16.3. The Balaban J connectivity index is 1.92. The first-order valence-corrected chi connectivity index (χ1v) is 22.1. The van der Waals surface area contributed by atoms with Crippen LogP contribution in [-0.2, 0) is 9.59 Å². The molecule has 2 amide bonds. The molecule has 3 N–H and O–H groups in total. The highest BCUT2D eigenvalue weighted by Gasteiger charge is 2.42. The molecule has 6 nitrogen and oxygen atoms in total. The zero-order valence-electron chi connectivity index (χ0n) is 33.2. The Morgan fingerprint density at radius 2 is 0.694 bits per heavy atom. The van der Waals surface area contributed by atoms with Crippen LogP contribution in [0.4, 0.5) is 0 Å². The van der Waals surface area contributed by atoms with Gasteiger partial charge in [0.05, 0.1) is 26.2 Å². The highest BCUT2D eigenvalue weighted by atomic mass is 16.3. The summed E-state index contributed by atoms with van der Waals surface area (Å²) in [7, 11) is 0. The number of amides is 2. The number of carbonyl (C=O) groups excluding carboxylic acids is 2. The SMILES string of the molecule is CCCCCCCCCCCCCCCCCC(=O)NCC[N+]1(CCNC(=O)CCCCCCCCCCCCCCCCC)CC(O)C1. The second-order valence-electron chi connectivity index (χ2n) is 15.9. The number of hydrogen-bond donors (Lipinski definition) is 3. The number of aliphatic hydroxyl groups excluding tert-OH is 1. The van der Waals surface area contributed by atoms with E-state index in [0.29, 0.717) is 25.9 Å². The number of likely N-dealkylation sites (tertiary alicyclic amines) is 1. The van der Waals surface area contributed by atoms with E-state index in [9.17, 15) is 14.7 Å². The van der Waals surface area contributed by atoms with E-state index in [1.807, 2.05) is 0 Å². The van der Waals surface area contributed by atoms with Gasteiger partial charge >= 0.3 is 0 Å². The molecule has 0 spiro atoms. The fraction of sp³-hybridized carbons (Fsp3) is 0.953. The number of quaternary nitrogens is 1. The van der Waals surface area contributed by atoms with Gasteiger partial charge < -0.3 is 20.2 Å². The van der Waals surface area contributed by atoms with Crippen molar-refractivity contribution in [3.63, 3.8) is 0 Å². The first kappa shape index (κ1) is 45.9. The average Bonchev–Trinajstić information content (AvgIpc) is 3.07. The van der Waals surface area contributed by atoms with Crippen LogP contribution in [-0.4, -0.2) is 66.8 Å². The topological polar surface area (TPSA) is 78.4 Å². The molecule has 290 valence electrons. The second-order valence-corrected chi connectivity index (χ2v) is 15.9. The van der Waals surface area contributed by atoms with Crippen LogP contribution in [0, 0.1) is 0 Å². The van der Waals surface area contributed by atoms with Gasteiger partial charge in [-0.1, -0.05) is 194 Å². The standard InChI is InChI=1S/C43H85N3O3/c1-3-5-7-9-11-13-15-17-19-21-23-25-27-29-31-33-42(48)44-35-37-46(39-41(47)40-46)38-36-45-43(49)34-32-30-28-26-24-22-20-18-16-14-12-10-8-6-4-2/h41,47H,3-40H2,1-2H3,(H-,44,45,48,49)/p+1. The maximum absolute atomic E-state index is 12.4. The molecule has 6 heteroatoms. The molecular weight excluding hydrogens is 606 g/mol. The summed E-state index contributed by atoms with van der Waals surface area (Å²) < 4.78 is 0.791. The minimum Gasteiger partial charge on any atom is -0.382 e. The summed E-state index contributed by atoms with van der Waals surface area (Å²) in [6.07, 6.45) is 41.0. The van der Waals surface area contributed by atoms with Crippen molar-refractivity contribution in [2.24, 2.45) is 0 Å². The van der Waals surface area contributed by atoms with E-state index in [1.165, 1.54) is 167 Å². The monoisotopic (exact) mass is 693 g/mol. The first-order valence-electron chi connectivity index (χ1n) is 22.1. The quantitative estimate of drug-likeness (QED) is 0.0445. The third kappa shape index (κ3) is 29.2. The highest BCUT2D eigenvalue weighted by molar-refractivity contribution is 5.76. The Morgan fingerprint density at radius 3 is 0.939 bits per heavy atom. The molecule has 0 radical (unpaired) electrons. The van der Waals surface area contributed by atoms with Crippen LogP contribution in [0.25, 0.3) is 0 Å². The molecular formula is C43H86N3O3+. The Morgan fingerprint density at radius 1 is 0.449 bits per heavy atom. The molecule has 1 heterocycles. The lowest BCUT2D eigenvalue weighted by atomic mass is 10.0. The molecule has 49 heavy (non-hydrogen) atoms. The fourth-order valence-corrected chi connectivity index (χ4v) is 7.67. The Hall–Kier alpha value is -1.14. The molecule has 1 saturated heterocycles. The zero-order chi connectivity index (χ0) is 35.5. The molecule has 0 bridgehead atoms. The molecule has 0 unspecified atom stereocenters. The third-order valence-electron chi connectivity index (χ3n) is 11.0. The van der Waals surface area contributed by atoms with Crippen molar-refractivity contribution in [2.75, 3.05) is 39.3 Å². The number of rotatable bonds is 38. The molecule has 1 aliphatic heterocycles. The normalized spacial score (nSPS) is 14.2. The Bertz CT molecular complexity index is 686. The van der Waals surface area contributed by atoms with E-state index in [1.54, 1.807) is 0 Å². The van der Waals surface area contributed by atoms with Crippen LogP contribution in [0.5, 0.6) is 0 Å². The predicted octanol–water partition coefficient (Wildman–Crippen LogP) is 10.9. The van der Waals surface area contributed by atoms with Gasteiger partial charge in [-0.25, -0.2) is 0 Å². The number of aliphatic hydroxyl groups is 1. The number of carbonyl (C=O) groups is 2. The Labute approximate surface area is 305 Å². The van der Waals surface area contributed by atoms with Crippen molar-refractivity contribution in [3.8, 4) is 0 Å². The van der Waals surface area contributed by atoms with E-state index in [-0.39, 0.29) is 17.9 Å². The summed E-state index contributed by atoms with van der Waals surface area (Å²) in [6, 6.07) is 0. The zero-order valence-corrected chi connectivity index (χ0v) is 33.2. The lowest BCUT2D eigenvalue weighted by Gasteiger charge is -2.48. The smallest absolute Gasteiger partial charge is 0.220 e. The number of hydrogen-bond acceptors (Lipinski definition) is 3. The maximum atomic E-state index is 12.4. The van der Waals surface area contributed by atoms with Gasteiger partial charge in [-0.15, -0.1) is 0 Å². The number of nitrogens with zero attached hydrogens (tertiary/aromatic N) is 1. The predicted molar refractivity (Wildman–Crippen MR) is 211 cm³/mol. The highest BCUT2D eigenvalue weighted by Crippen LogP contribution is 2.20. The van der Waals surface area contributed by atoms with Crippen LogP contribution < -0.4 is 10.6 Å². The minimum absolute atomic E-state index is 0.158. The molecule has 0 aromatic heterocycles. The average molecular weight is 693 g/mol. The summed E-state index contributed by atoms with van der Waals surface area (Å²) in [5.74, 6) is 0.316. The van der Waals surface area contributed by atoms with Crippen molar-refractivity contribution in [1.82, 2.24) is 10.6 Å². The maximum Gasteiger partial charge on any atom is 0.220 e. The van der Waals surface area contributed by atoms with Crippen molar-refractivity contribution < 1.29 is 19.2 Å². The van der Waals surface area contributed by atoms with Crippen LogP contribution in [0.1, 0.15) is 219 Å². The molecule has 0 aromatic rings. The van der Waals surface area contributed by atoms with Crippen LogP contribution >= 0.6 is 0 Å². The largest absolute Gasteiger partial charge is 0.382 e. The van der Waals surface area contributed by atoms with Crippen molar-refractivity contribution in [1.29, 1.82) is 0 Å². The van der Waals surface area contributed by atoms with Crippen LogP contribution in [0.2, 0.25) is 0 Å². The summed E-state index contributed by atoms with van der Waals surface area (Å²) >= 11 is 0. The van der Waals surface area contributed by atoms with Gasteiger partial charge in [-0.2, -0.15) is 0 Å². The Kier molecular flexibility index (Phi) is 31.8. The number of unbranched alkanes of at least 4 members (excludes halogenated alkanes) is 28. The molecule has 1 fully saturated rings. The van der Waals surface area contributed by atoms with Gasteiger partial charge in [0.1, 0.15) is 13.1 Å². The van der Waals surface area contributed by atoms with Gasteiger partial charge in [0.2, 0.25) is 11.8 Å². The van der Waals surface area contributed by atoms with E-state index in [4.69, 9.17) is 0 Å². The third-order valence-corrected chi connectivity index (χ3v) is 11.0. The van der Waals surface area contributed by atoms with Gasteiger partial charge in [0, 0.05) is 12.8 Å². The fourth-order valence-electron chi connectivity index (χ4n) is 7.67. The van der Waals surface area contributed by atoms with Crippen LogP contribution in [0.3, 0.4) is 0 Å². The van der Waals surface area contributed by atoms with E-state index in [0.717, 1.165) is 56.3 Å². The van der Waals surface area contributed by atoms with E-state index >= 15 is 0 Å². The molecule has 0 aliphatic carbocycles. The van der Waals surface area contributed by atoms with Crippen molar-refractivity contribution in [3.05, 3.63) is 0 Å². The van der Waals surface area contributed by atoms with Gasteiger partial charge in [-0.3, -0.25) is 9.59 Å². The second kappa shape index (κ2) is 34.0. The molecule has 0 saturated carbocycles. The summed E-state index contributed by atoms with van der Waals surface area (Å²) in [6.45, 7) is 8.98. The first-order chi connectivity index (χ1) is 24.0. The minimum atomic E-state index is -0.257. The van der Waals surface area contributed by atoms with Crippen molar-refractivity contribution in [2.45, 2.75) is 225 Å². The van der Waals surface area contributed by atoms with Crippen molar-refractivity contribution >= 4 is 11.8 Å². The van der Waals surface area contributed by atoms with Gasteiger partial charge in [0.25, 0.3) is 0 Å². The molecule has 0 atom stereocenters. The van der Waals surface area contributed by atoms with Gasteiger partial charge in [-0.05, 0) is 12.8 Å². The van der Waals surface area contributed by atoms with E-state index in [2.05, 4.69) is 24.5 Å². The van der Waals surface area contributed by atoms with Crippen LogP contribution in [0.15, 0.2) is 0 Å². The lowest BCUT2D eigenvalue weighted by Crippen LogP contribution is -2.69. The molecule has 1 rings (SSSR count). The summed E-state index contributed by atoms with van der Waals surface area (Å²) in [4.78, 5) is 24.8. The molecule has 0 aromatic carbocycles. The number of nitrogens with one attached hydrogen (secondary N) is 2. The molecule has 1 aliphatic rings. The summed E-state index contributed by atoms with van der Waals surface area (Å²) in [5.41, 5.74) is 0. The lowest BCUT2D eigenvalue weighted by molar-refractivity contribution is -0.970.